The Hall–Kier alpha value is -1.91. The average molecular weight is 261 g/mol. The molecule has 1 N–H and O–H groups in total. The minimum absolute atomic E-state index is 0.0950. The van der Waals surface area contributed by atoms with E-state index in [-0.39, 0.29) is 5.91 Å². The Balaban J connectivity index is 2.28. The van der Waals surface area contributed by atoms with E-state index in [0.29, 0.717) is 34.8 Å². The predicted octanol–water partition coefficient (Wildman–Crippen LogP) is 2.62. The van der Waals surface area contributed by atoms with Crippen LogP contribution in [0.1, 0.15) is 42.0 Å². The molecule has 2 aromatic heterocycles. The monoisotopic (exact) mass is 261 g/mol. The molecule has 0 saturated heterocycles. The van der Waals surface area contributed by atoms with E-state index in [0.717, 1.165) is 12.1 Å². The van der Waals surface area contributed by atoms with E-state index in [1.165, 1.54) is 0 Å². The number of hydrogen-bond donors (Lipinski definition) is 1. The molecule has 0 aliphatic heterocycles. The minimum atomic E-state index is -0.0950. The molecule has 0 radical (unpaired) electrons. The van der Waals surface area contributed by atoms with Crippen LogP contribution in [0.25, 0.3) is 11.1 Å². The van der Waals surface area contributed by atoms with Crippen LogP contribution in [0.4, 0.5) is 0 Å². The molecule has 2 rings (SSSR count). The summed E-state index contributed by atoms with van der Waals surface area (Å²) in [5.74, 6) is 0.472. The molecular formula is C14H19N3O2. The maximum atomic E-state index is 12.2. The van der Waals surface area contributed by atoms with E-state index in [1.807, 2.05) is 13.8 Å². The molecule has 5 nitrogen and oxygen atoms in total. The number of rotatable bonds is 4. The summed E-state index contributed by atoms with van der Waals surface area (Å²) in [7, 11) is 0. The molecule has 0 saturated carbocycles. The fraction of sp³-hybridized carbons (Fsp3) is 0.500. The molecule has 0 spiro atoms. The first-order valence-corrected chi connectivity index (χ1v) is 6.51. The lowest BCUT2D eigenvalue weighted by Gasteiger charge is -2.08. The van der Waals surface area contributed by atoms with Gasteiger partial charge in [-0.15, -0.1) is 0 Å². The minimum Gasteiger partial charge on any atom is -0.352 e. The lowest BCUT2D eigenvalue weighted by molar-refractivity contribution is 0.0953. The van der Waals surface area contributed by atoms with Crippen LogP contribution < -0.4 is 5.32 Å². The first-order chi connectivity index (χ1) is 8.99. The van der Waals surface area contributed by atoms with Crippen molar-refractivity contribution >= 4 is 17.0 Å². The van der Waals surface area contributed by atoms with Gasteiger partial charge >= 0.3 is 0 Å². The van der Waals surface area contributed by atoms with Gasteiger partial charge in [0.25, 0.3) is 11.6 Å². The molecule has 102 valence electrons. The zero-order valence-corrected chi connectivity index (χ0v) is 11.8. The summed E-state index contributed by atoms with van der Waals surface area (Å²) in [5.41, 5.74) is 2.45. The smallest absolute Gasteiger partial charge is 0.258 e. The van der Waals surface area contributed by atoms with E-state index in [9.17, 15) is 4.79 Å². The Morgan fingerprint density at radius 3 is 2.84 bits per heavy atom. The molecule has 2 heterocycles. The number of carbonyl (C=O) groups is 1. The van der Waals surface area contributed by atoms with Crippen molar-refractivity contribution in [3.05, 3.63) is 23.0 Å². The maximum absolute atomic E-state index is 12.2. The Kier molecular flexibility index (Phi) is 3.83. The van der Waals surface area contributed by atoms with Crippen molar-refractivity contribution in [3.63, 3.8) is 0 Å². The van der Waals surface area contributed by atoms with Crippen molar-refractivity contribution in [2.24, 2.45) is 5.92 Å². The average Bonchev–Trinajstić information content (AvgIpc) is 2.69. The van der Waals surface area contributed by atoms with Crippen molar-refractivity contribution in [2.45, 2.75) is 34.1 Å². The summed E-state index contributed by atoms with van der Waals surface area (Å²) in [6.45, 7) is 8.58. The van der Waals surface area contributed by atoms with Crippen LogP contribution in [-0.2, 0) is 0 Å². The number of carbonyl (C=O) groups excluding carboxylic acids is 1. The molecular weight excluding hydrogens is 242 g/mol. The van der Waals surface area contributed by atoms with E-state index in [2.05, 4.69) is 29.3 Å². The van der Waals surface area contributed by atoms with Crippen molar-refractivity contribution in [1.29, 1.82) is 0 Å². The number of pyridine rings is 1. The van der Waals surface area contributed by atoms with Gasteiger partial charge in [-0.3, -0.25) is 4.79 Å². The van der Waals surface area contributed by atoms with Crippen LogP contribution in [0, 0.1) is 19.8 Å². The maximum Gasteiger partial charge on any atom is 0.258 e. The topological polar surface area (TPSA) is 68.0 Å². The summed E-state index contributed by atoms with van der Waals surface area (Å²) in [4.78, 5) is 16.5. The number of nitrogens with one attached hydrogen (secondary N) is 1. The SMILES string of the molecule is Cc1cc(C(=O)NCCC(C)C)c2c(C)noc2n1. The van der Waals surface area contributed by atoms with Crippen LogP contribution in [0.2, 0.25) is 0 Å². The van der Waals surface area contributed by atoms with Gasteiger partial charge in [0.15, 0.2) is 0 Å². The zero-order valence-electron chi connectivity index (χ0n) is 11.8. The van der Waals surface area contributed by atoms with Gasteiger partial charge in [-0.05, 0) is 32.3 Å². The summed E-state index contributed by atoms with van der Waals surface area (Å²) in [5, 5.41) is 7.50. The van der Waals surface area contributed by atoms with Gasteiger partial charge in [0.1, 0.15) is 0 Å². The van der Waals surface area contributed by atoms with E-state index >= 15 is 0 Å². The van der Waals surface area contributed by atoms with Crippen LogP contribution in [-0.4, -0.2) is 22.6 Å². The van der Waals surface area contributed by atoms with Gasteiger partial charge in [-0.2, -0.15) is 0 Å². The molecule has 0 fully saturated rings. The number of fused-ring (bicyclic) bond motifs is 1. The lowest BCUT2D eigenvalue weighted by atomic mass is 10.1. The molecule has 2 aromatic rings. The summed E-state index contributed by atoms with van der Waals surface area (Å²) < 4.78 is 5.12. The van der Waals surface area contributed by atoms with Crippen molar-refractivity contribution in [2.75, 3.05) is 6.54 Å². The Morgan fingerprint density at radius 1 is 1.42 bits per heavy atom. The standard InChI is InChI=1S/C14H19N3O2/c1-8(2)5-6-15-13(18)11-7-9(3)16-14-12(11)10(4)17-19-14/h7-8H,5-6H2,1-4H3,(H,15,18). The highest BCUT2D eigenvalue weighted by molar-refractivity contribution is 6.05. The molecule has 0 unspecified atom stereocenters. The van der Waals surface area contributed by atoms with Gasteiger partial charge in [0, 0.05) is 12.2 Å². The molecule has 0 aliphatic carbocycles. The quantitative estimate of drug-likeness (QED) is 0.918. The van der Waals surface area contributed by atoms with Gasteiger partial charge in [0.2, 0.25) is 0 Å². The highest BCUT2D eigenvalue weighted by Gasteiger charge is 2.17. The Labute approximate surface area is 112 Å². The number of nitrogens with zero attached hydrogens (tertiary/aromatic N) is 2. The highest BCUT2D eigenvalue weighted by Crippen LogP contribution is 2.21. The molecule has 5 heteroatoms. The Bertz CT molecular complexity index is 602. The van der Waals surface area contributed by atoms with Crippen molar-refractivity contribution in [3.8, 4) is 0 Å². The summed E-state index contributed by atoms with van der Waals surface area (Å²) in [6, 6.07) is 1.78. The summed E-state index contributed by atoms with van der Waals surface area (Å²) >= 11 is 0. The third-order valence-electron chi connectivity index (χ3n) is 3.00. The van der Waals surface area contributed by atoms with Gasteiger partial charge < -0.3 is 9.84 Å². The van der Waals surface area contributed by atoms with E-state index in [4.69, 9.17) is 4.52 Å². The van der Waals surface area contributed by atoms with Crippen LogP contribution in [0.5, 0.6) is 0 Å². The Morgan fingerprint density at radius 2 is 2.16 bits per heavy atom. The molecule has 0 atom stereocenters. The third kappa shape index (κ3) is 2.92. The van der Waals surface area contributed by atoms with Crippen molar-refractivity contribution < 1.29 is 9.32 Å². The number of aryl methyl sites for hydroxylation is 2. The second-order valence-corrected chi connectivity index (χ2v) is 5.20. The fourth-order valence-electron chi connectivity index (χ4n) is 1.97. The molecule has 0 aromatic carbocycles. The van der Waals surface area contributed by atoms with Crippen LogP contribution >= 0.6 is 0 Å². The van der Waals surface area contributed by atoms with E-state index in [1.54, 1.807) is 6.07 Å². The second kappa shape index (κ2) is 5.38. The first kappa shape index (κ1) is 13.5. The van der Waals surface area contributed by atoms with E-state index < -0.39 is 0 Å². The highest BCUT2D eigenvalue weighted by atomic mass is 16.5. The van der Waals surface area contributed by atoms with Gasteiger partial charge in [-0.25, -0.2) is 4.98 Å². The molecule has 19 heavy (non-hydrogen) atoms. The molecule has 0 bridgehead atoms. The number of hydrogen-bond acceptors (Lipinski definition) is 4. The van der Waals surface area contributed by atoms with Crippen LogP contribution in [0.15, 0.2) is 10.6 Å². The number of aromatic nitrogens is 2. The van der Waals surface area contributed by atoms with Crippen molar-refractivity contribution in [1.82, 2.24) is 15.5 Å². The largest absolute Gasteiger partial charge is 0.352 e. The predicted molar refractivity (Wildman–Crippen MR) is 73.1 cm³/mol. The molecule has 0 aliphatic rings. The first-order valence-electron chi connectivity index (χ1n) is 6.51. The zero-order chi connectivity index (χ0) is 14.0. The molecule has 1 amide bonds. The van der Waals surface area contributed by atoms with Gasteiger partial charge in [0.05, 0.1) is 16.6 Å². The summed E-state index contributed by atoms with van der Waals surface area (Å²) in [6.07, 6.45) is 0.960. The van der Waals surface area contributed by atoms with Crippen LogP contribution in [0.3, 0.4) is 0 Å². The third-order valence-corrected chi connectivity index (χ3v) is 3.00. The lowest BCUT2D eigenvalue weighted by Crippen LogP contribution is -2.25. The number of amides is 1. The fourth-order valence-corrected chi connectivity index (χ4v) is 1.97. The second-order valence-electron chi connectivity index (χ2n) is 5.20. The van der Waals surface area contributed by atoms with Gasteiger partial charge in [-0.1, -0.05) is 19.0 Å². The normalized spacial score (nSPS) is 11.2.